The van der Waals surface area contributed by atoms with Crippen LogP contribution in [-0.4, -0.2) is 11.5 Å². The van der Waals surface area contributed by atoms with Gasteiger partial charge in [0.05, 0.1) is 16.8 Å². The first-order chi connectivity index (χ1) is 8.19. The zero-order chi connectivity index (χ0) is 12.4. The predicted molar refractivity (Wildman–Crippen MR) is 65.3 cm³/mol. The summed E-state index contributed by atoms with van der Waals surface area (Å²) in [5, 5.41) is 12.9. The number of nitrogens with one attached hydrogen (secondary N) is 1. The van der Waals surface area contributed by atoms with Crippen molar-refractivity contribution in [2.24, 2.45) is 0 Å². The minimum Gasteiger partial charge on any atom is -0.384 e. The number of fused-ring (bicyclic) bond motifs is 1. The van der Waals surface area contributed by atoms with Gasteiger partial charge in [-0.05, 0) is 26.0 Å². The van der Waals surface area contributed by atoms with Gasteiger partial charge >= 0.3 is 0 Å². The highest BCUT2D eigenvalue weighted by atomic mass is 19.1. The molecule has 1 aromatic heterocycles. The van der Waals surface area contributed by atoms with Crippen molar-refractivity contribution in [1.29, 1.82) is 5.26 Å². The monoisotopic (exact) mass is 229 g/mol. The summed E-state index contributed by atoms with van der Waals surface area (Å²) < 4.78 is 13.4. The molecule has 1 aromatic carbocycles. The van der Waals surface area contributed by atoms with Gasteiger partial charge in [0, 0.05) is 23.7 Å². The van der Waals surface area contributed by atoms with E-state index in [1.165, 1.54) is 12.3 Å². The summed E-state index contributed by atoms with van der Waals surface area (Å²) in [4.78, 5) is 4.15. The average molecular weight is 229 g/mol. The largest absolute Gasteiger partial charge is 0.384 e. The molecule has 0 fully saturated rings. The van der Waals surface area contributed by atoms with Gasteiger partial charge in [-0.1, -0.05) is 0 Å². The van der Waals surface area contributed by atoms with Crippen LogP contribution < -0.4 is 5.32 Å². The van der Waals surface area contributed by atoms with Crippen molar-refractivity contribution in [3.63, 3.8) is 0 Å². The summed E-state index contributed by atoms with van der Waals surface area (Å²) in [5.74, 6) is -0.280. The molecule has 4 heteroatoms. The third-order valence-corrected chi connectivity index (χ3v) is 2.70. The Balaban J connectivity index is 2.82. The van der Waals surface area contributed by atoms with Crippen LogP contribution in [0, 0.1) is 24.1 Å². The third kappa shape index (κ3) is 1.80. The second kappa shape index (κ2) is 4.38. The van der Waals surface area contributed by atoms with Gasteiger partial charge in [-0.2, -0.15) is 5.26 Å². The van der Waals surface area contributed by atoms with Gasteiger partial charge in [0.15, 0.2) is 0 Å². The topological polar surface area (TPSA) is 48.7 Å². The molecule has 0 aliphatic heterocycles. The smallest absolute Gasteiger partial charge is 0.128 e. The number of benzene rings is 1. The fraction of sp³-hybridized carbons (Fsp3) is 0.231. The van der Waals surface area contributed by atoms with Crippen LogP contribution in [0.25, 0.3) is 10.9 Å². The summed E-state index contributed by atoms with van der Waals surface area (Å²) in [6.07, 6.45) is 1.48. The molecule has 2 rings (SSSR count). The fourth-order valence-corrected chi connectivity index (χ4v) is 1.83. The lowest BCUT2D eigenvalue weighted by molar-refractivity contribution is 0.620. The summed E-state index contributed by atoms with van der Waals surface area (Å²) in [6, 6.07) is 5.15. The molecule has 1 N–H and O–H groups in total. The Hall–Kier alpha value is -2.15. The minimum atomic E-state index is -0.280. The van der Waals surface area contributed by atoms with E-state index in [9.17, 15) is 4.39 Å². The quantitative estimate of drug-likeness (QED) is 0.861. The Morgan fingerprint density at radius 2 is 2.24 bits per heavy atom. The van der Waals surface area contributed by atoms with E-state index in [1.54, 1.807) is 13.0 Å². The molecular formula is C13H12FN3. The van der Waals surface area contributed by atoms with Crippen LogP contribution >= 0.6 is 0 Å². The molecule has 17 heavy (non-hydrogen) atoms. The second-order valence-electron chi connectivity index (χ2n) is 3.76. The van der Waals surface area contributed by atoms with Crippen molar-refractivity contribution in [2.45, 2.75) is 13.8 Å². The van der Waals surface area contributed by atoms with Gasteiger partial charge < -0.3 is 5.32 Å². The predicted octanol–water partition coefficient (Wildman–Crippen LogP) is 2.99. The van der Waals surface area contributed by atoms with Crippen molar-refractivity contribution in [3.8, 4) is 6.07 Å². The first kappa shape index (κ1) is 11.3. The van der Waals surface area contributed by atoms with Crippen LogP contribution in [-0.2, 0) is 0 Å². The fourth-order valence-electron chi connectivity index (χ4n) is 1.83. The number of nitrogens with zero attached hydrogens (tertiary/aromatic N) is 2. The highest BCUT2D eigenvalue weighted by Gasteiger charge is 2.11. The molecular weight excluding hydrogens is 217 g/mol. The minimum absolute atomic E-state index is 0.280. The number of halogens is 1. The Morgan fingerprint density at radius 3 is 2.88 bits per heavy atom. The molecule has 0 bridgehead atoms. The normalized spacial score (nSPS) is 10.2. The zero-order valence-corrected chi connectivity index (χ0v) is 9.71. The number of anilines is 1. The molecule has 0 aliphatic carbocycles. The van der Waals surface area contributed by atoms with Crippen molar-refractivity contribution in [3.05, 3.63) is 35.3 Å². The van der Waals surface area contributed by atoms with Crippen molar-refractivity contribution < 1.29 is 4.39 Å². The standard InChI is InChI=1S/C13H12FN3/c1-3-16-13-9(6-15)7-17-12-8(2)11(14)5-4-10(12)13/h4-5,7H,3H2,1-2H3,(H,16,17). The first-order valence-corrected chi connectivity index (χ1v) is 5.40. The molecule has 0 amide bonds. The highest BCUT2D eigenvalue weighted by molar-refractivity contribution is 5.95. The number of aryl methyl sites for hydroxylation is 1. The lowest BCUT2D eigenvalue weighted by Gasteiger charge is -2.11. The summed E-state index contributed by atoms with van der Waals surface area (Å²) in [6.45, 7) is 4.33. The number of rotatable bonds is 2. The van der Waals surface area contributed by atoms with Gasteiger partial charge in [-0.25, -0.2) is 4.39 Å². The molecule has 0 saturated carbocycles. The number of pyridine rings is 1. The van der Waals surface area contributed by atoms with Gasteiger partial charge in [-0.15, -0.1) is 0 Å². The van der Waals surface area contributed by atoms with Crippen LogP contribution in [0.15, 0.2) is 18.3 Å². The van der Waals surface area contributed by atoms with E-state index in [-0.39, 0.29) is 5.82 Å². The molecule has 0 spiro atoms. The SMILES string of the molecule is CCNc1c(C#N)cnc2c(C)c(F)ccc12. The van der Waals surface area contributed by atoms with Gasteiger partial charge in [0.25, 0.3) is 0 Å². The van der Waals surface area contributed by atoms with E-state index in [0.29, 0.717) is 23.2 Å². The zero-order valence-electron chi connectivity index (χ0n) is 9.71. The van der Waals surface area contributed by atoms with Crippen molar-refractivity contribution in [1.82, 2.24) is 4.98 Å². The number of aromatic nitrogens is 1. The summed E-state index contributed by atoms with van der Waals surface area (Å²) in [7, 11) is 0. The Bertz CT molecular complexity index is 614. The van der Waals surface area contributed by atoms with E-state index in [1.807, 2.05) is 6.92 Å². The van der Waals surface area contributed by atoms with Crippen LogP contribution in [0.3, 0.4) is 0 Å². The molecule has 2 aromatic rings. The maximum absolute atomic E-state index is 13.4. The molecule has 0 saturated heterocycles. The Morgan fingerprint density at radius 1 is 1.47 bits per heavy atom. The van der Waals surface area contributed by atoms with Crippen molar-refractivity contribution >= 4 is 16.6 Å². The van der Waals surface area contributed by atoms with Crippen LogP contribution in [0.5, 0.6) is 0 Å². The lowest BCUT2D eigenvalue weighted by atomic mass is 10.1. The average Bonchev–Trinajstić information content (AvgIpc) is 2.34. The number of hydrogen-bond acceptors (Lipinski definition) is 3. The summed E-state index contributed by atoms with van der Waals surface area (Å²) in [5.41, 5.74) is 2.31. The van der Waals surface area contributed by atoms with Gasteiger partial charge in [0.2, 0.25) is 0 Å². The third-order valence-electron chi connectivity index (χ3n) is 2.70. The van der Waals surface area contributed by atoms with E-state index >= 15 is 0 Å². The maximum atomic E-state index is 13.4. The summed E-state index contributed by atoms with van der Waals surface area (Å²) >= 11 is 0. The van der Waals surface area contributed by atoms with E-state index < -0.39 is 0 Å². The van der Waals surface area contributed by atoms with E-state index in [2.05, 4.69) is 16.4 Å². The molecule has 0 atom stereocenters. The second-order valence-corrected chi connectivity index (χ2v) is 3.76. The van der Waals surface area contributed by atoms with Crippen LogP contribution in [0.1, 0.15) is 18.1 Å². The molecule has 0 unspecified atom stereocenters. The Kier molecular flexibility index (Phi) is 2.92. The number of hydrogen-bond donors (Lipinski definition) is 1. The van der Waals surface area contributed by atoms with Crippen molar-refractivity contribution in [2.75, 3.05) is 11.9 Å². The van der Waals surface area contributed by atoms with E-state index in [0.717, 1.165) is 11.1 Å². The molecule has 0 radical (unpaired) electrons. The molecule has 3 nitrogen and oxygen atoms in total. The van der Waals surface area contributed by atoms with Crippen LogP contribution in [0.2, 0.25) is 0 Å². The molecule has 86 valence electrons. The van der Waals surface area contributed by atoms with Gasteiger partial charge in [0.1, 0.15) is 11.9 Å². The first-order valence-electron chi connectivity index (χ1n) is 5.40. The maximum Gasteiger partial charge on any atom is 0.128 e. The molecule has 1 heterocycles. The van der Waals surface area contributed by atoms with Crippen LogP contribution in [0.4, 0.5) is 10.1 Å². The lowest BCUT2D eigenvalue weighted by Crippen LogP contribution is -2.02. The Labute approximate surface area is 98.9 Å². The van der Waals surface area contributed by atoms with E-state index in [4.69, 9.17) is 5.26 Å². The number of nitriles is 1. The molecule has 0 aliphatic rings. The van der Waals surface area contributed by atoms with Gasteiger partial charge in [-0.3, -0.25) is 4.98 Å². The highest BCUT2D eigenvalue weighted by Crippen LogP contribution is 2.28.